The highest BCUT2D eigenvalue weighted by Gasteiger charge is 2.49. The Morgan fingerprint density at radius 1 is 0.512 bits per heavy atom. The van der Waals surface area contributed by atoms with Gasteiger partial charge in [0.1, 0.15) is 24.4 Å². The fourth-order valence-electron chi connectivity index (χ4n) is 4.96. The third kappa shape index (κ3) is 9.86. The number of hydrogen-bond donors (Lipinski definition) is 0. The zero-order valence-corrected chi connectivity index (χ0v) is 25.3. The van der Waals surface area contributed by atoms with Crippen LogP contribution in [0.1, 0.15) is 22.3 Å². The standard InChI is InChI=1S/C35H36Cl2O6/c36-35(37)43-34-33(41-24-29-19-11-4-12-20-29)32(40-23-28-17-9-3-10-18-28)31(39-22-27-15-7-2-8-16-27)30(42-34)25-38-21-26-13-5-1-6-14-26/h1-20,30-35H,21-25H2/t30-,31-,32+,33-,34?/m1/s1. The molecule has 1 heterocycles. The van der Waals surface area contributed by atoms with Gasteiger partial charge in [0.2, 0.25) is 5.02 Å². The quantitative estimate of drug-likeness (QED) is 0.128. The van der Waals surface area contributed by atoms with Gasteiger partial charge < -0.3 is 28.4 Å². The molecule has 6 nitrogen and oxygen atoms in total. The Labute approximate surface area is 263 Å². The zero-order chi connectivity index (χ0) is 29.7. The molecule has 0 saturated carbocycles. The maximum atomic E-state index is 6.63. The highest BCUT2D eigenvalue weighted by Crippen LogP contribution is 2.32. The number of benzene rings is 4. The van der Waals surface area contributed by atoms with E-state index < -0.39 is 35.7 Å². The lowest BCUT2D eigenvalue weighted by Gasteiger charge is -2.46. The molecule has 1 saturated heterocycles. The molecule has 0 bridgehead atoms. The minimum Gasteiger partial charge on any atom is -0.374 e. The molecule has 4 aromatic rings. The van der Waals surface area contributed by atoms with Gasteiger partial charge >= 0.3 is 0 Å². The predicted octanol–water partition coefficient (Wildman–Crippen LogP) is 7.46. The molecule has 0 amide bonds. The highest BCUT2D eigenvalue weighted by atomic mass is 35.5. The highest BCUT2D eigenvalue weighted by molar-refractivity contribution is 6.43. The van der Waals surface area contributed by atoms with Crippen molar-refractivity contribution in [2.75, 3.05) is 6.61 Å². The zero-order valence-electron chi connectivity index (χ0n) is 23.8. The second kappa shape index (κ2) is 16.9. The summed E-state index contributed by atoms with van der Waals surface area (Å²) in [5.41, 5.74) is 4.08. The fourth-order valence-corrected chi connectivity index (χ4v) is 5.16. The lowest BCUT2D eigenvalue weighted by atomic mass is 9.97. The number of rotatable bonds is 15. The minimum absolute atomic E-state index is 0.222. The first-order valence-electron chi connectivity index (χ1n) is 14.3. The van der Waals surface area contributed by atoms with Crippen molar-refractivity contribution in [1.29, 1.82) is 0 Å². The number of hydrogen-bond acceptors (Lipinski definition) is 6. The molecule has 8 heteroatoms. The average molecular weight is 624 g/mol. The SMILES string of the molecule is ClC(Cl)OC1O[C@H](COCc2ccccc2)[C@@H](OCc2ccccc2)[C@H](OCc2ccccc2)[C@H]1OCc1ccccc1. The first-order chi connectivity index (χ1) is 21.2. The van der Waals surface area contributed by atoms with Crippen molar-refractivity contribution < 1.29 is 28.4 Å². The van der Waals surface area contributed by atoms with Gasteiger partial charge in [-0.1, -0.05) is 145 Å². The van der Waals surface area contributed by atoms with E-state index in [2.05, 4.69) is 0 Å². The van der Waals surface area contributed by atoms with E-state index >= 15 is 0 Å². The van der Waals surface area contributed by atoms with Crippen LogP contribution >= 0.6 is 23.2 Å². The molecule has 0 aromatic heterocycles. The molecule has 43 heavy (non-hydrogen) atoms. The molecule has 0 spiro atoms. The lowest BCUT2D eigenvalue weighted by molar-refractivity contribution is -0.327. The Morgan fingerprint density at radius 2 is 0.907 bits per heavy atom. The van der Waals surface area contributed by atoms with Gasteiger partial charge in [0.15, 0.2) is 6.29 Å². The van der Waals surface area contributed by atoms with Crippen molar-refractivity contribution in [2.24, 2.45) is 0 Å². The third-order valence-electron chi connectivity index (χ3n) is 7.08. The minimum atomic E-state index is -1.14. The van der Waals surface area contributed by atoms with Crippen LogP contribution in [0.3, 0.4) is 0 Å². The van der Waals surface area contributed by atoms with E-state index in [0.29, 0.717) is 26.4 Å². The molecule has 1 aliphatic heterocycles. The summed E-state index contributed by atoms with van der Waals surface area (Å²) in [7, 11) is 0. The molecule has 0 aliphatic carbocycles. The maximum absolute atomic E-state index is 6.63. The largest absolute Gasteiger partial charge is 0.374 e. The predicted molar refractivity (Wildman–Crippen MR) is 166 cm³/mol. The summed E-state index contributed by atoms with van der Waals surface area (Å²) in [4.78, 5) is 0. The first-order valence-corrected chi connectivity index (χ1v) is 15.2. The van der Waals surface area contributed by atoms with Crippen LogP contribution in [-0.2, 0) is 54.8 Å². The van der Waals surface area contributed by atoms with Gasteiger partial charge in [0, 0.05) is 0 Å². The molecule has 5 atom stereocenters. The van der Waals surface area contributed by atoms with Gasteiger partial charge in [0.05, 0.1) is 33.0 Å². The molecule has 226 valence electrons. The van der Waals surface area contributed by atoms with Crippen LogP contribution < -0.4 is 0 Å². The maximum Gasteiger partial charge on any atom is 0.209 e. The van der Waals surface area contributed by atoms with Gasteiger partial charge in [-0.05, 0) is 22.3 Å². The van der Waals surface area contributed by atoms with E-state index in [4.69, 9.17) is 51.6 Å². The molecule has 1 fully saturated rings. The van der Waals surface area contributed by atoms with Crippen molar-refractivity contribution in [3.05, 3.63) is 144 Å². The first kappa shape index (κ1) is 31.6. The smallest absolute Gasteiger partial charge is 0.209 e. The van der Waals surface area contributed by atoms with E-state index in [1.165, 1.54) is 0 Å². The topological polar surface area (TPSA) is 55.4 Å². The summed E-state index contributed by atoms with van der Waals surface area (Å²) in [6.07, 6.45) is -3.39. The molecule has 1 aliphatic rings. The van der Waals surface area contributed by atoms with Crippen molar-refractivity contribution in [2.45, 2.75) is 62.2 Å². The van der Waals surface area contributed by atoms with E-state index in [1.807, 2.05) is 121 Å². The van der Waals surface area contributed by atoms with E-state index in [-0.39, 0.29) is 6.61 Å². The van der Waals surface area contributed by atoms with Crippen LogP contribution in [0.4, 0.5) is 0 Å². The van der Waals surface area contributed by atoms with E-state index in [0.717, 1.165) is 22.3 Å². The van der Waals surface area contributed by atoms with E-state index in [1.54, 1.807) is 0 Å². The monoisotopic (exact) mass is 622 g/mol. The van der Waals surface area contributed by atoms with Crippen LogP contribution in [0, 0.1) is 0 Å². The summed E-state index contributed by atoms with van der Waals surface area (Å²) in [6.45, 7) is 1.61. The van der Waals surface area contributed by atoms with Crippen LogP contribution in [0.15, 0.2) is 121 Å². The number of halogens is 2. The Kier molecular flexibility index (Phi) is 12.4. The van der Waals surface area contributed by atoms with Gasteiger partial charge in [-0.2, -0.15) is 0 Å². The van der Waals surface area contributed by atoms with Crippen molar-refractivity contribution >= 4 is 23.2 Å². The molecular weight excluding hydrogens is 587 g/mol. The van der Waals surface area contributed by atoms with Crippen LogP contribution in [0.25, 0.3) is 0 Å². The molecule has 0 N–H and O–H groups in total. The molecule has 1 unspecified atom stereocenters. The van der Waals surface area contributed by atoms with Crippen LogP contribution in [0.5, 0.6) is 0 Å². The van der Waals surface area contributed by atoms with Crippen LogP contribution in [-0.4, -0.2) is 42.3 Å². The summed E-state index contributed by atoms with van der Waals surface area (Å²) in [5, 5.41) is -1.14. The second-order valence-corrected chi connectivity index (χ2v) is 11.2. The third-order valence-corrected chi connectivity index (χ3v) is 7.28. The summed E-state index contributed by atoms with van der Waals surface area (Å²) < 4.78 is 38.2. The van der Waals surface area contributed by atoms with Gasteiger partial charge in [-0.3, -0.25) is 0 Å². The van der Waals surface area contributed by atoms with Gasteiger partial charge in [-0.25, -0.2) is 0 Å². The average Bonchev–Trinajstić information content (AvgIpc) is 3.04. The van der Waals surface area contributed by atoms with E-state index in [9.17, 15) is 0 Å². The van der Waals surface area contributed by atoms with Gasteiger partial charge in [0.25, 0.3) is 0 Å². The molecule has 4 aromatic carbocycles. The second-order valence-electron chi connectivity index (χ2n) is 10.2. The number of alkyl halides is 2. The van der Waals surface area contributed by atoms with Crippen molar-refractivity contribution in [3.8, 4) is 0 Å². The van der Waals surface area contributed by atoms with Gasteiger partial charge in [-0.15, -0.1) is 0 Å². The molecular formula is C35H36Cl2O6. The summed E-state index contributed by atoms with van der Waals surface area (Å²) >= 11 is 12.3. The summed E-state index contributed by atoms with van der Waals surface area (Å²) in [6, 6.07) is 39.8. The lowest BCUT2D eigenvalue weighted by Crippen LogP contribution is -2.62. The Balaban J connectivity index is 1.42. The normalized spacial score (nSPS) is 22.1. The fraction of sp³-hybridized carbons (Fsp3) is 0.314. The molecule has 0 radical (unpaired) electrons. The Morgan fingerprint density at radius 3 is 1.35 bits per heavy atom. The summed E-state index contributed by atoms with van der Waals surface area (Å²) in [5.74, 6) is 0. The van der Waals surface area contributed by atoms with Crippen molar-refractivity contribution in [1.82, 2.24) is 0 Å². The molecule has 5 rings (SSSR count). The number of ether oxygens (including phenoxy) is 6. The Hall–Kier alpha value is -2.78. The Bertz CT molecular complexity index is 1310. The van der Waals surface area contributed by atoms with Crippen molar-refractivity contribution in [3.63, 3.8) is 0 Å². The van der Waals surface area contributed by atoms with Crippen LogP contribution in [0.2, 0.25) is 0 Å².